The number of nitrogens with one attached hydrogen (secondary N) is 1. The predicted octanol–water partition coefficient (Wildman–Crippen LogP) is 2.32. The summed E-state index contributed by atoms with van der Waals surface area (Å²) in [7, 11) is 0. The lowest BCUT2D eigenvalue weighted by atomic mass is 10.2. The SMILES string of the molecule is C[C@H](Nc1ccccc1)C(=O)N=[N+]=[N-]. The van der Waals surface area contributed by atoms with Gasteiger partial charge in [-0.25, -0.2) is 0 Å². The topological polar surface area (TPSA) is 77.9 Å². The summed E-state index contributed by atoms with van der Waals surface area (Å²) in [5.41, 5.74) is 8.88. The Morgan fingerprint density at radius 3 is 2.71 bits per heavy atom. The Balaban J connectivity index is 2.61. The number of hydrogen-bond acceptors (Lipinski definition) is 2. The molecule has 5 heteroatoms. The first-order valence-corrected chi connectivity index (χ1v) is 4.14. The predicted molar refractivity (Wildman–Crippen MR) is 53.7 cm³/mol. The fraction of sp³-hybridized carbons (Fsp3) is 0.222. The molecule has 1 N–H and O–H groups in total. The molecule has 0 aromatic heterocycles. The number of amides is 1. The number of rotatable bonds is 3. The summed E-state index contributed by atoms with van der Waals surface area (Å²) in [6.07, 6.45) is 0. The molecule has 72 valence electrons. The van der Waals surface area contributed by atoms with Gasteiger partial charge in [-0.3, -0.25) is 4.79 Å². The highest BCUT2D eigenvalue weighted by Gasteiger charge is 2.09. The minimum atomic E-state index is -0.517. The van der Waals surface area contributed by atoms with E-state index in [0.29, 0.717) is 0 Å². The fourth-order valence-electron chi connectivity index (χ4n) is 0.977. The van der Waals surface area contributed by atoms with E-state index in [2.05, 4.69) is 15.3 Å². The first-order chi connectivity index (χ1) is 6.74. The number of carbonyl (C=O) groups is 1. The number of hydrogen-bond donors (Lipinski definition) is 1. The maximum Gasteiger partial charge on any atom is 0.240 e. The number of nitrogens with zero attached hydrogens (tertiary/aromatic N) is 3. The summed E-state index contributed by atoms with van der Waals surface area (Å²) in [5, 5.41) is 5.91. The van der Waals surface area contributed by atoms with Crippen molar-refractivity contribution in [2.24, 2.45) is 5.11 Å². The molecule has 0 saturated heterocycles. The lowest BCUT2D eigenvalue weighted by Gasteiger charge is -2.10. The number of para-hydroxylation sites is 1. The van der Waals surface area contributed by atoms with E-state index in [-0.39, 0.29) is 0 Å². The molecule has 0 fully saturated rings. The molecule has 1 aromatic carbocycles. The zero-order valence-electron chi connectivity index (χ0n) is 7.71. The number of benzene rings is 1. The van der Waals surface area contributed by atoms with E-state index in [0.717, 1.165) is 5.69 Å². The van der Waals surface area contributed by atoms with Gasteiger partial charge in [-0.1, -0.05) is 18.2 Å². The van der Waals surface area contributed by atoms with Crippen molar-refractivity contribution in [3.63, 3.8) is 0 Å². The Morgan fingerprint density at radius 1 is 1.50 bits per heavy atom. The van der Waals surface area contributed by atoms with Gasteiger partial charge in [0.2, 0.25) is 5.91 Å². The van der Waals surface area contributed by atoms with Crippen LogP contribution in [0, 0.1) is 0 Å². The smallest absolute Gasteiger partial charge is 0.240 e. The molecule has 0 bridgehead atoms. The Bertz CT molecular complexity index is 356. The van der Waals surface area contributed by atoms with Gasteiger partial charge in [0.05, 0.1) is 6.04 Å². The average molecular weight is 190 g/mol. The highest BCUT2D eigenvalue weighted by Crippen LogP contribution is 2.07. The van der Waals surface area contributed by atoms with Crippen LogP contribution in [0.15, 0.2) is 35.4 Å². The summed E-state index contributed by atoms with van der Waals surface area (Å²) in [4.78, 5) is 13.5. The lowest BCUT2D eigenvalue weighted by molar-refractivity contribution is -0.118. The van der Waals surface area contributed by atoms with Gasteiger partial charge in [-0.2, -0.15) is 0 Å². The van der Waals surface area contributed by atoms with Crippen LogP contribution in [-0.2, 0) is 4.79 Å². The molecule has 0 saturated carbocycles. The first kappa shape index (κ1) is 10.1. The Kier molecular flexibility index (Phi) is 3.52. The van der Waals surface area contributed by atoms with E-state index in [4.69, 9.17) is 5.53 Å². The minimum Gasteiger partial charge on any atom is -0.375 e. The van der Waals surface area contributed by atoms with Gasteiger partial charge in [0, 0.05) is 10.6 Å². The molecule has 0 aliphatic rings. The van der Waals surface area contributed by atoms with E-state index in [1.807, 2.05) is 30.3 Å². The molecule has 0 aliphatic carbocycles. The van der Waals surface area contributed by atoms with E-state index in [1.165, 1.54) is 0 Å². The molecule has 1 rings (SSSR count). The molecule has 0 aliphatic heterocycles. The van der Waals surface area contributed by atoms with E-state index >= 15 is 0 Å². The van der Waals surface area contributed by atoms with Crippen LogP contribution in [0.3, 0.4) is 0 Å². The fourth-order valence-corrected chi connectivity index (χ4v) is 0.977. The van der Waals surface area contributed by atoms with E-state index in [9.17, 15) is 4.79 Å². The molecular weight excluding hydrogens is 180 g/mol. The molecule has 0 radical (unpaired) electrons. The second-order valence-corrected chi connectivity index (χ2v) is 2.76. The van der Waals surface area contributed by atoms with E-state index < -0.39 is 11.9 Å². The van der Waals surface area contributed by atoms with Crippen molar-refractivity contribution in [1.82, 2.24) is 0 Å². The maximum absolute atomic E-state index is 11.1. The summed E-state index contributed by atoms with van der Waals surface area (Å²) in [6, 6.07) is 8.75. The Labute approximate surface area is 81.4 Å². The van der Waals surface area contributed by atoms with Crippen LogP contribution in [-0.4, -0.2) is 11.9 Å². The monoisotopic (exact) mass is 190 g/mol. The number of azide groups is 1. The van der Waals surface area contributed by atoms with Gasteiger partial charge < -0.3 is 5.32 Å². The zero-order chi connectivity index (χ0) is 10.4. The van der Waals surface area contributed by atoms with Crippen LogP contribution in [0.5, 0.6) is 0 Å². The van der Waals surface area contributed by atoms with Crippen LogP contribution < -0.4 is 5.32 Å². The number of anilines is 1. The maximum atomic E-state index is 11.1. The molecule has 1 aromatic rings. The first-order valence-electron chi connectivity index (χ1n) is 4.14. The Hall–Kier alpha value is -2.00. The van der Waals surface area contributed by atoms with Gasteiger partial charge in [0.25, 0.3) is 0 Å². The molecule has 5 nitrogen and oxygen atoms in total. The minimum absolute atomic E-state index is 0.506. The summed E-state index contributed by atoms with van der Waals surface area (Å²) >= 11 is 0. The van der Waals surface area contributed by atoms with Crippen molar-refractivity contribution in [2.45, 2.75) is 13.0 Å². The third kappa shape index (κ3) is 2.80. The summed E-state index contributed by atoms with van der Waals surface area (Å²) < 4.78 is 0. The largest absolute Gasteiger partial charge is 0.375 e. The van der Waals surface area contributed by atoms with Gasteiger partial charge in [-0.05, 0) is 29.7 Å². The standard InChI is InChI=1S/C9H10N4O/c1-7(9(14)12-13-10)11-8-5-3-2-4-6-8/h2-7,11H,1H3/t7-/m0/s1. The van der Waals surface area contributed by atoms with Crippen molar-refractivity contribution in [3.8, 4) is 0 Å². The van der Waals surface area contributed by atoms with Crippen LogP contribution >= 0.6 is 0 Å². The van der Waals surface area contributed by atoms with Crippen LogP contribution in [0.1, 0.15) is 6.92 Å². The van der Waals surface area contributed by atoms with Gasteiger partial charge in [-0.15, -0.1) is 0 Å². The van der Waals surface area contributed by atoms with Crippen molar-refractivity contribution >= 4 is 11.6 Å². The third-order valence-corrected chi connectivity index (χ3v) is 1.67. The lowest BCUT2D eigenvalue weighted by Crippen LogP contribution is -2.23. The van der Waals surface area contributed by atoms with Crippen LogP contribution in [0.4, 0.5) is 5.69 Å². The number of carbonyl (C=O) groups excluding carboxylic acids is 1. The molecule has 1 amide bonds. The van der Waals surface area contributed by atoms with Crippen LogP contribution in [0.25, 0.3) is 10.4 Å². The highest BCUT2D eigenvalue weighted by molar-refractivity contribution is 5.84. The quantitative estimate of drug-likeness (QED) is 0.451. The zero-order valence-corrected chi connectivity index (χ0v) is 7.71. The summed E-state index contributed by atoms with van der Waals surface area (Å²) in [6.45, 7) is 1.64. The van der Waals surface area contributed by atoms with Gasteiger partial charge in [0.1, 0.15) is 0 Å². The second kappa shape index (κ2) is 4.89. The van der Waals surface area contributed by atoms with Crippen molar-refractivity contribution in [2.75, 3.05) is 5.32 Å². The van der Waals surface area contributed by atoms with Gasteiger partial charge >= 0.3 is 0 Å². The van der Waals surface area contributed by atoms with Crippen molar-refractivity contribution in [3.05, 3.63) is 40.8 Å². The molecule has 0 spiro atoms. The summed E-state index contributed by atoms with van der Waals surface area (Å²) in [5.74, 6) is -0.517. The molecule has 0 unspecified atom stereocenters. The Morgan fingerprint density at radius 2 is 2.14 bits per heavy atom. The van der Waals surface area contributed by atoms with Crippen LogP contribution in [0.2, 0.25) is 0 Å². The molecule has 14 heavy (non-hydrogen) atoms. The molecule has 0 heterocycles. The molecular formula is C9H10N4O. The van der Waals surface area contributed by atoms with Crippen molar-refractivity contribution < 1.29 is 4.79 Å². The van der Waals surface area contributed by atoms with Crippen molar-refractivity contribution in [1.29, 1.82) is 0 Å². The normalized spacial score (nSPS) is 11.2. The third-order valence-electron chi connectivity index (χ3n) is 1.67. The van der Waals surface area contributed by atoms with Gasteiger partial charge in [0.15, 0.2) is 0 Å². The molecule has 1 atom stereocenters. The average Bonchev–Trinajstić information content (AvgIpc) is 2.19. The second-order valence-electron chi connectivity index (χ2n) is 2.76. The highest BCUT2D eigenvalue weighted by atomic mass is 16.2. The van der Waals surface area contributed by atoms with E-state index in [1.54, 1.807) is 6.92 Å².